The predicted molar refractivity (Wildman–Crippen MR) is 156 cm³/mol. The number of carbonyl (C=O) groups is 2. The molecule has 6 heteroatoms. The highest BCUT2D eigenvalue weighted by Crippen LogP contribution is 2.33. The number of benzene rings is 2. The van der Waals surface area contributed by atoms with E-state index in [-0.39, 0.29) is 24.3 Å². The number of nitrogens with zero attached hydrogens (tertiary/aromatic N) is 1. The number of carbonyl (C=O) groups excluding carboxylic acids is 1. The second-order valence-electron chi connectivity index (χ2n) is 12.8. The molecule has 0 bridgehead atoms. The highest BCUT2D eigenvalue weighted by Gasteiger charge is 2.24. The first kappa shape index (κ1) is 28.6. The molecule has 0 radical (unpaired) electrons. The smallest absolute Gasteiger partial charge is 0.303 e. The fourth-order valence-corrected chi connectivity index (χ4v) is 5.35. The summed E-state index contributed by atoms with van der Waals surface area (Å²) in [5.74, 6) is 1.06. The number of amides is 1. The van der Waals surface area contributed by atoms with Gasteiger partial charge in [0.25, 0.3) is 5.91 Å². The summed E-state index contributed by atoms with van der Waals surface area (Å²) in [6.07, 6.45) is 6.94. The molecule has 1 fully saturated rings. The van der Waals surface area contributed by atoms with Crippen LogP contribution in [0, 0.1) is 11.3 Å². The second kappa shape index (κ2) is 11.8. The lowest BCUT2D eigenvalue weighted by molar-refractivity contribution is -0.139. The molecule has 1 aliphatic rings. The zero-order valence-corrected chi connectivity index (χ0v) is 24.0. The predicted octanol–water partition coefficient (Wildman–Crippen LogP) is 7.68. The van der Waals surface area contributed by atoms with Crippen molar-refractivity contribution in [1.82, 2.24) is 10.3 Å². The van der Waals surface area contributed by atoms with Crippen molar-refractivity contribution in [2.75, 3.05) is 6.54 Å². The van der Waals surface area contributed by atoms with E-state index in [0.717, 1.165) is 40.8 Å². The van der Waals surface area contributed by atoms with Crippen LogP contribution in [0.2, 0.25) is 0 Å². The van der Waals surface area contributed by atoms with Gasteiger partial charge < -0.3 is 15.2 Å². The molecule has 0 aliphatic heterocycles. The van der Waals surface area contributed by atoms with E-state index in [1.54, 1.807) is 0 Å². The Labute approximate surface area is 232 Å². The Kier molecular flexibility index (Phi) is 8.63. The minimum atomic E-state index is -0.879. The molecule has 0 spiro atoms. The Balaban J connectivity index is 1.59. The van der Waals surface area contributed by atoms with Crippen molar-refractivity contribution < 1.29 is 19.4 Å². The number of pyridine rings is 1. The van der Waals surface area contributed by atoms with Crippen molar-refractivity contribution in [1.29, 1.82) is 0 Å². The second-order valence-corrected chi connectivity index (χ2v) is 12.8. The van der Waals surface area contributed by atoms with Gasteiger partial charge in [0.1, 0.15) is 17.2 Å². The van der Waals surface area contributed by atoms with Crippen molar-refractivity contribution in [3.8, 4) is 11.5 Å². The number of ether oxygens (including phenoxy) is 1. The Hall–Kier alpha value is -3.41. The fraction of sp³-hybridized carbons (Fsp3) is 0.485. The van der Waals surface area contributed by atoms with Crippen LogP contribution < -0.4 is 10.1 Å². The summed E-state index contributed by atoms with van der Waals surface area (Å²) in [6, 6.07) is 16.0. The van der Waals surface area contributed by atoms with Gasteiger partial charge in [0.2, 0.25) is 0 Å². The molecule has 0 unspecified atom stereocenters. The van der Waals surface area contributed by atoms with Crippen molar-refractivity contribution in [2.24, 2.45) is 11.3 Å². The summed E-state index contributed by atoms with van der Waals surface area (Å²) >= 11 is 0. The summed E-state index contributed by atoms with van der Waals surface area (Å²) in [5, 5.41) is 14.0. The van der Waals surface area contributed by atoms with Gasteiger partial charge in [-0.2, -0.15) is 0 Å². The van der Waals surface area contributed by atoms with Crippen LogP contribution in [0.25, 0.3) is 10.8 Å². The molecular formula is C33H42N2O4. The number of aliphatic carboxylic acids is 1. The number of carboxylic acids is 1. The van der Waals surface area contributed by atoms with Crippen LogP contribution in [-0.2, 0) is 16.6 Å². The molecule has 2 N–H and O–H groups in total. The number of fused-ring (bicyclic) bond motifs is 1. The largest absolute Gasteiger partial charge is 0.481 e. The van der Waals surface area contributed by atoms with Crippen LogP contribution >= 0.6 is 0 Å². The number of carboxylic acid groups (broad SMARTS) is 1. The van der Waals surface area contributed by atoms with Gasteiger partial charge in [-0.15, -0.1) is 0 Å². The molecule has 2 aromatic carbocycles. The molecule has 39 heavy (non-hydrogen) atoms. The van der Waals surface area contributed by atoms with Crippen LogP contribution in [0.15, 0.2) is 48.5 Å². The number of rotatable bonds is 10. The number of hydrogen-bond donors (Lipinski definition) is 2. The standard InChI is InChI=1S/C33H42N2O4/c1-32(2,3)24-12-15-25(16-13-24)39-26-14-11-23-18-29(31(38)34-21-33(4,5)20-30(36)37)35-28(27(23)19-26)17-10-22-8-6-7-9-22/h11-16,18-19,22H,6-10,17,20-21H2,1-5H3,(H,34,38)(H,36,37). The van der Waals surface area contributed by atoms with E-state index in [9.17, 15) is 9.59 Å². The molecule has 6 nitrogen and oxygen atoms in total. The van der Waals surface area contributed by atoms with Gasteiger partial charge in [0.15, 0.2) is 0 Å². The molecular weight excluding hydrogens is 488 g/mol. The van der Waals surface area contributed by atoms with Crippen molar-refractivity contribution in [3.05, 3.63) is 65.5 Å². The van der Waals surface area contributed by atoms with Gasteiger partial charge in [-0.1, -0.05) is 78.5 Å². The lowest BCUT2D eigenvalue weighted by Crippen LogP contribution is -2.35. The molecule has 0 saturated heterocycles. The number of hydrogen-bond acceptors (Lipinski definition) is 4. The monoisotopic (exact) mass is 530 g/mol. The SMILES string of the molecule is CC(C)(CNC(=O)c1cc2ccc(Oc3ccc(C(C)(C)C)cc3)cc2c(CCC2CCCC2)n1)CC(=O)O. The summed E-state index contributed by atoms with van der Waals surface area (Å²) in [4.78, 5) is 29.1. The van der Waals surface area contributed by atoms with Crippen molar-refractivity contribution in [2.45, 2.75) is 85.0 Å². The maximum Gasteiger partial charge on any atom is 0.303 e. The molecule has 1 saturated carbocycles. The van der Waals surface area contributed by atoms with Crippen LogP contribution in [0.5, 0.6) is 11.5 Å². The zero-order chi connectivity index (χ0) is 28.2. The Morgan fingerprint density at radius 3 is 2.28 bits per heavy atom. The van der Waals surface area contributed by atoms with E-state index in [1.165, 1.54) is 31.2 Å². The van der Waals surface area contributed by atoms with Gasteiger partial charge in [-0.3, -0.25) is 9.59 Å². The Morgan fingerprint density at radius 1 is 0.974 bits per heavy atom. The first-order valence-corrected chi connectivity index (χ1v) is 14.1. The van der Waals surface area contributed by atoms with Gasteiger partial charge in [0.05, 0.1) is 6.42 Å². The lowest BCUT2D eigenvalue weighted by Gasteiger charge is -2.22. The molecule has 1 amide bonds. The Morgan fingerprint density at radius 2 is 1.64 bits per heavy atom. The average Bonchev–Trinajstić information content (AvgIpc) is 3.38. The third-order valence-electron chi connectivity index (χ3n) is 7.69. The number of nitrogens with one attached hydrogen (secondary N) is 1. The molecule has 0 atom stereocenters. The summed E-state index contributed by atoms with van der Waals surface area (Å²) < 4.78 is 6.22. The number of aryl methyl sites for hydroxylation is 1. The van der Waals surface area contributed by atoms with Crippen LogP contribution in [0.4, 0.5) is 0 Å². The highest BCUT2D eigenvalue weighted by molar-refractivity contribution is 5.97. The molecule has 1 heterocycles. The van der Waals surface area contributed by atoms with E-state index in [1.807, 2.05) is 50.2 Å². The first-order chi connectivity index (χ1) is 18.4. The van der Waals surface area contributed by atoms with Crippen molar-refractivity contribution in [3.63, 3.8) is 0 Å². The van der Waals surface area contributed by atoms with E-state index in [0.29, 0.717) is 11.6 Å². The van der Waals surface area contributed by atoms with E-state index < -0.39 is 11.4 Å². The van der Waals surface area contributed by atoms with E-state index in [2.05, 4.69) is 38.2 Å². The van der Waals surface area contributed by atoms with Gasteiger partial charge in [-0.05, 0) is 70.9 Å². The quantitative estimate of drug-likeness (QED) is 0.281. The molecule has 1 aliphatic carbocycles. The van der Waals surface area contributed by atoms with Gasteiger partial charge in [0, 0.05) is 17.6 Å². The Bertz CT molecular complexity index is 1320. The third-order valence-corrected chi connectivity index (χ3v) is 7.69. The molecule has 208 valence electrons. The zero-order valence-electron chi connectivity index (χ0n) is 24.0. The van der Waals surface area contributed by atoms with Crippen LogP contribution in [-0.4, -0.2) is 28.5 Å². The van der Waals surface area contributed by atoms with Crippen molar-refractivity contribution >= 4 is 22.6 Å². The number of aromatic nitrogens is 1. The first-order valence-electron chi connectivity index (χ1n) is 14.1. The maximum absolute atomic E-state index is 13.1. The highest BCUT2D eigenvalue weighted by atomic mass is 16.5. The molecule has 4 rings (SSSR count). The average molecular weight is 531 g/mol. The summed E-state index contributed by atoms with van der Waals surface area (Å²) in [6.45, 7) is 10.5. The lowest BCUT2D eigenvalue weighted by atomic mass is 9.87. The topological polar surface area (TPSA) is 88.5 Å². The summed E-state index contributed by atoms with van der Waals surface area (Å²) in [5.41, 5.74) is 2.05. The molecule has 3 aromatic rings. The summed E-state index contributed by atoms with van der Waals surface area (Å²) in [7, 11) is 0. The minimum Gasteiger partial charge on any atom is -0.481 e. The van der Waals surface area contributed by atoms with Crippen LogP contribution in [0.3, 0.4) is 0 Å². The van der Waals surface area contributed by atoms with Crippen LogP contribution in [0.1, 0.15) is 94.9 Å². The normalized spacial score (nSPS) is 14.5. The minimum absolute atomic E-state index is 0.0211. The molecule has 1 aromatic heterocycles. The third kappa shape index (κ3) is 7.81. The fourth-order valence-electron chi connectivity index (χ4n) is 5.35. The van der Waals surface area contributed by atoms with Gasteiger partial charge in [-0.25, -0.2) is 4.98 Å². The maximum atomic E-state index is 13.1. The van der Waals surface area contributed by atoms with E-state index >= 15 is 0 Å². The van der Waals surface area contributed by atoms with E-state index in [4.69, 9.17) is 14.8 Å². The van der Waals surface area contributed by atoms with Gasteiger partial charge >= 0.3 is 5.97 Å².